The molecule has 1 aromatic heterocycles. The van der Waals surface area contributed by atoms with Crippen LogP contribution in [0.1, 0.15) is 42.6 Å². The molecule has 2 aliphatic rings. The molecule has 0 aliphatic carbocycles. The van der Waals surface area contributed by atoms with Crippen molar-refractivity contribution in [3.8, 4) is 0 Å². The second-order valence-electron chi connectivity index (χ2n) is 5.95. The molecule has 1 aromatic rings. The molecule has 1 amide bonds. The van der Waals surface area contributed by atoms with E-state index in [9.17, 15) is 4.79 Å². The highest BCUT2D eigenvalue weighted by molar-refractivity contribution is 8.00. The van der Waals surface area contributed by atoms with Crippen molar-refractivity contribution in [1.82, 2.24) is 9.80 Å². The maximum atomic E-state index is 12.1. The summed E-state index contributed by atoms with van der Waals surface area (Å²) in [4.78, 5) is 16.6. The fraction of sp³-hybridized carbons (Fsp3) is 0.688. The molecule has 4 nitrogen and oxygen atoms in total. The minimum absolute atomic E-state index is 0.0764. The first-order chi connectivity index (χ1) is 10.2. The molecule has 0 N–H and O–H groups in total. The van der Waals surface area contributed by atoms with Crippen molar-refractivity contribution in [3.05, 3.63) is 23.7 Å². The molecule has 1 unspecified atom stereocenters. The van der Waals surface area contributed by atoms with E-state index in [1.165, 1.54) is 32.4 Å². The van der Waals surface area contributed by atoms with Gasteiger partial charge in [-0.25, -0.2) is 0 Å². The van der Waals surface area contributed by atoms with Gasteiger partial charge in [-0.15, -0.1) is 11.8 Å². The molecule has 0 saturated carbocycles. The summed E-state index contributed by atoms with van der Waals surface area (Å²) in [7, 11) is 0. The van der Waals surface area contributed by atoms with Gasteiger partial charge in [-0.05, 0) is 58.0 Å². The van der Waals surface area contributed by atoms with Gasteiger partial charge < -0.3 is 14.2 Å². The summed E-state index contributed by atoms with van der Waals surface area (Å²) in [6.45, 7) is 6.35. The molecule has 5 heteroatoms. The molecule has 0 aromatic carbocycles. The minimum Gasteiger partial charge on any atom is -0.463 e. The molecule has 116 valence electrons. The van der Waals surface area contributed by atoms with E-state index in [-0.39, 0.29) is 11.3 Å². The van der Waals surface area contributed by atoms with E-state index < -0.39 is 0 Å². The van der Waals surface area contributed by atoms with Crippen molar-refractivity contribution in [1.29, 1.82) is 0 Å². The molecule has 2 saturated heterocycles. The largest absolute Gasteiger partial charge is 0.463 e. The summed E-state index contributed by atoms with van der Waals surface area (Å²) in [6.07, 6.45) is 5.08. The van der Waals surface area contributed by atoms with Crippen LogP contribution in [0, 0.1) is 6.92 Å². The number of aryl methyl sites for hydroxylation is 1. The van der Waals surface area contributed by atoms with E-state index >= 15 is 0 Å². The second-order valence-corrected chi connectivity index (χ2v) is 7.02. The minimum atomic E-state index is 0.0764. The highest BCUT2D eigenvalue weighted by Gasteiger charge is 2.34. The third-order valence-electron chi connectivity index (χ3n) is 4.29. The normalized spacial score (nSPS) is 24.0. The first kappa shape index (κ1) is 15.0. The summed E-state index contributed by atoms with van der Waals surface area (Å²) < 4.78 is 5.72. The zero-order valence-electron chi connectivity index (χ0n) is 12.7. The van der Waals surface area contributed by atoms with E-state index in [1.54, 1.807) is 11.8 Å². The van der Waals surface area contributed by atoms with Crippen LogP contribution >= 0.6 is 11.8 Å². The average Bonchev–Trinajstić information content (AvgIpc) is 3.07. The van der Waals surface area contributed by atoms with Crippen molar-refractivity contribution in [2.45, 2.75) is 38.0 Å². The number of piperidine rings is 1. The van der Waals surface area contributed by atoms with Gasteiger partial charge in [0.1, 0.15) is 16.9 Å². The highest BCUT2D eigenvalue weighted by atomic mass is 32.2. The predicted molar refractivity (Wildman–Crippen MR) is 85.3 cm³/mol. The lowest BCUT2D eigenvalue weighted by molar-refractivity contribution is -0.128. The van der Waals surface area contributed by atoms with Crippen LogP contribution in [0.25, 0.3) is 0 Å². The zero-order chi connectivity index (χ0) is 14.7. The Labute approximate surface area is 130 Å². The van der Waals surface area contributed by atoms with Gasteiger partial charge in [-0.2, -0.15) is 0 Å². The monoisotopic (exact) mass is 308 g/mol. The molecule has 0 radical (unpaired) electrons. The van der Waals surface area contributed by atoms with E-state index in [2.05, 4.69) is 4.90 Å². The maximum absolute atomic E-state index is 12.1. The molecule has 2 aliphatic heterocycles. The first-order valence-corrected chi connectivity index (χ1v) is 8.99. The summed E-state index contributed by atoms with van der Waals surface area (Å²) in [6, 6.07) is 3.98. The molecule has 0 spiro atoms. The Morgan fingerprint density at radius 2 is 2.05 bits per heavy atom. The topological polar surface area (TPSA) is 36.7 Å². The predicted octanol–water partition coefficient (Wildman–Crippen LogP) is 3.04. The van der Waals surface area contributed by atoms with Crippen molar-refractivity contribution < 1.29 is 9.21 Å². The SMILES string of the molecule is Cc1ccc(C2SCC(=O)N2CCCN2CCCCC2)o1. The Morgan fingerprint density at radius 3 is 2.76 bits per heavy atom. The molecule has 3 heterocycles. The summed E-state index contributed by atoms with van der Waals surface area (Å²) >= 11 is 1.68. The third kappa shape index (κ3) is 3.64. The van der Waals surface area contributed by atoms with Crippen LogP contribution in [0.3, 0.4) is 0 Å². The van der Waals surface area contributed by atoms with Crippen LogP contribution in [0.15, 0.2) is 16.5 Å². The van der Waals surface area contributed by atoms with Crippen LogP contribution < -0.4 is 0 Å². The average molecular weight is 308 g/mol. The van der Waals surface area contributed by atoms with Gasteiger partial charge in [0.2, 0.25) is 5.91 Å². The number of hydrogen-bond donors (Lipinski definition) is 0. The van der Waals surface area contributed by atoms with Gasteiger partial charge in [0.15, 0.2) is 0 Å². The smallest absolute Gasteiger partial charge is 0.233 e. The van der Waals surface area contributed by atoms with Crippen molar-refractivity contribution in [3.63, 3.8) is 0 Å². The molecule has 21 heavy (non-hydrogen) atoms. The van der Waals surface area contributed by atoms with Crippen molar-refractivity contribution in [2.75, 3.05) is 31.9 Å². The highest BCUT2D eigenvalue weighted by Crippen LogP contribution is 2.39. The van der Waals surface area contributed by atoms with Gasteiger partial charge in [-0.1, -0.05) is 6.42 Å². The lowest BCUT2D eigenvalue weighted by atomic mass is 10.1. The van der Waals surface area contributed by atoms with Gasteiger partial charge in [0.25, 0.3) is 0 Å². The summed E-state index contributed by atoms with van der Waals surface area (Å²) in [5, 5.41) is 0.0764. The van der Waals surface area contributed by atoms with Crippen molar-refractivity contribution in [2.24, 2.45) is 0 Å². The van der Waals surface area contributed by atoms with E-state index in [0.29, 0.717) is 5.75 Å². The number of thioether (sulfide) groups is 1. The van der Waals surface area contributed by atoms with Crippen LogP contribution in [0.2, 0.25) is 0 Å². The first-order valence-electron chi connectivity index (χ1n) is 7.94. The summed E-state index contributed by atoms with van der Waals surface area (Å²) in [5.41, 5.74) is 0. The number of nitrogens with zero attached hydrogens (tertiary/aromatic N) is 2. The number of carbonyl (C=O) groups is 1. The van der Waals surface area contributed by atoms with Gasteiger partial charge >= 0.3 is 0 Å². The van der Waals surface area contributed by atoms with Crippen LogP contribution in [0.4, 0.5) is 0 Å². The number of likely N-dealkylation sites (tertiary alicyclic amines) is 1. The second kappa shape index (κ2) is 6.88. The zero-order valence-corrected chi connectivity index (χ0v) is 13.5. The van der Waals surface area contributed by atoms with Gasteiger partial charge in [-0.3, -0.25) is 4.79 Å². The lowest BCUT2D eigenvalue weighted by Gasteiger charge is -2.28. The molecule has 1 atom stereocenters. The van der Waals surface area contributed by atoms with Crippen LogP contribution in [-0.4, -0.2) is 47.6 Å². The molecule has 3 rings (SSSR count). The Bertz CT molecular complexity index is 482. The van der Waals surface area contributed by atoms with Crippen LogP contribution in [-0.2, 0) is 4.79 Å². The van der Waals surface area contributed by atoms with E-state index in [4.69, 9.17) is 4.42 Å². The quantitative estimate of drug-likeness (QED) is 0.838. The summed E-state index contributed by atoms with van der Waals surface area (Å²) in [5.74, 6) is 2.66. The Hall–Kier alpha value is -0.940. The van der Waals surface area contributed by atoms with Gasteiger partial charge in [0.05, 0.1) is 5.75 Å². The molecule has 0 bridgehead atoms. The van der Waals surface area contributed by atoms with E-state index in [1.807, 2.05) is 24.0 Å². The number of furan rings is 1. The Morgan fingerprint density at radius 1 is 1.24 bits per heavy atom. The maximum Gasteiger partial charge on any atom is 0.233 e. The fourth-order valence-corrected chi connectivity index (χ4v) is 4.33. The Kier molecular flexibility index (Phi) is 4.91. The molecular formula is C16H24N2O2S. The number of amides is 1. The number of hydrogen-bond acceptors (Lipinski definition) is 4. The van der Waals surface area contributed by atoms with Gasteiger partial charge in [0, 0.05) is 6.54 Å². The van der Waals surface area contributed by atoms with Crippen LogP contribution in [0.5, 0.6) is 0 Å². The number of rotatable bonds is 5. The molecular weight excluding hydrogens is 284 g/mol. The third-order valence-corrected chi connectivity index (χ3v) is 5.51. The standard InChI is InChI=1S/C16H24N2O2S/c1-13-6-7-14(20-13)16-18(15(19)12-21-16)11-5-10-17-8-3-2-4-9-17/h6-7,16H,2-5,8-12H2,1H3. The van der Waals surface area contributed by atoms with E-state index in [0.717, 1.165) is 31.0 Å². The number of carbonyl (C=O) groups excluding carboxylic acids is 1. The Balaban J connectivity index is 1.53. The molecule has 2 fully saturated rings. The van der Waals surface area contributed by atoms with Crippen molar-refractivity contribution >= 4 is 17.7 Å². The lowest BCUT2D eigenvalue weighted by Crippen LogP contribution is -2.34. The fourth-order valence-electron chi connectivity index (χ4n) is 3.17.